The Kier molecular flexibility index (Phi) is 4.36. The van der Waals surface area contributed by atoms with E-state index in [4.69, 9.17) is 4.74 Å². The molecule has 0 radical (unpaired) electrons. The second-order valence-corrected chi connectivity index (χ2v) is 8.18. The maximum absolute atomic E-state index is 12.6. The summed E-state index contributed by atoms with van der Waals surface area (Å²) < 4.78 is 31.5. The molecule has 1 aliphatic rings. The number of esters is 1. The van der Waals surface area contributed by atoms with Crippen LogP contribution < -0.4 is 0 Å². The Bertz CT molecular complexity index is 742. The van der Waals surface area contributed by atoms with Gasteiger partial charge in [0, 0.05) is 4.47 Å². The molecule has 0 bridgehead atoms. The van der Waals surface area contributed by atoms with E-state index in [1.54, 1.807) is 13.0 Å². The number of halogens is 1. The van der Waals surface area contributed by atoms with Gasteiger partial charge in [-0.1, -0.05) is 15.9 Å². The van der Waals surface area contributed by atoms with Gasteiger partial charge >= 0.3 is 5.97 Å². The molecule has 2 rings (SSSR count). The Labute approximate surface area is 137 Å². The predicted octanol–water partition coefficient (Wildman–Crippen LogP) is 2.33. The van der Waals surface area contributed by atoms with Crippen molar-refractivity contribution in [1.29, 1.82) is 0 Å². The van der Waals surface area contributed by atoms with Crippen LogP contribution in [0.3, 0.4) is 0 Å². The van der Waals surface area contributed by atoms with Crippen LogP contribution in [0.1, 0.15) is 37.6 Å². The lowest BCUT2D eigenvalue weighted by molar-refractivity contribution is -0.144. The van der Waals surface area contributed by atoms with E-state index in [2.05, 4.69) is 15.9 Å². The Morgan fingerprint density at radius 2 is 2.00 bits per heavy atom. The number of carbonyl (C=O) groups is 2. The van der Waals surface area contributed by atoms with Crippen LogP contribution in [-0.2, 0) is 19.6 Å². The third kappa shape index (κ3) is 2.77. The maximum Gasteiger partial charge on any atom is 0.308 e. The number of ether oxygens (including phenoxy) is 1. The average molecular weight is 390 g/mol. The molecule has 0 aromatic heterocycles. The van der Waals surface area contributed by atoms with Gasteiger partial charge in [0.1, 0.15) is 4.90 Å². The molecular formula is C14H16BrNO5S. The largest absolute Gasteiger partial charge is 0.466 e. The lowest BCUT2D eigenvalue weighted by Crippen LogP contribution is -2.48. The van der Waals surface area contributed by atoms with Crippen LogP contribution in [-0.4, -0.2) is 36.7 Å². The number of nitrogens with zero attached hydrogens (tertiary/aromatic N) is 1. The molecule has 1 amide bonds. The average Bonchev–Trinajstić information content (AvgIpc) is 2.56. The molecule has 22 heavy (non-hydrogen) atoms. The number of amides is 1. The lowest BCUT2D eigenvalue weighted by atomic mass is 10.00. The summed E-state index contributed by atoms with van der Waals surface area (Å²) in [4.78, 5) is 24.2. The minimum atomic E-state index is -3.98. The van der Waals surface area contributed by atoms with E-state index in [1.165, 1.54) is 26.0 Å². The Morgan fingerprint density at radius 1 is 1.36 bits per heavy atom. The molecule has 0 saturated carbocycles. The first-order valence-electron chi connectivity index (χ1n) is 6.66. The van der Waals surface area contributed by atoms with Crippen molar-refractivity contribution in [2.75, 3.05) is 6.61 Å². The number of rotatable bonds is 4. The minimum Gasteiger partial charge on any atom is -0.466 e. The van der Waals surface area contributed by atoms with Gasteiger partial charge in [-0.3, -0.25) is 9.59 Å². The Hall–Kier alpha value is -1.41. The van der Waals surface area contributed by atoms with Crippen molar-refractivity contribution < 1.29 is 22.7 Å². The molecule has 0 N–H and O–H groups in total. The summed E-state index contributed by atoms with van der Waals surface area (Å²) in [5.74, 6) is -1.18. The van der Waals surface area contributed by atoms with Gasteiger partial charge < -0.3 is 4.74 Å². The number of hydrogen-bond acceptors (Lipinski definition) is 5. The van der Waals surface area contributed by atoms with Crippen LogP contribution in [0.5, 0.6) is 0 Å². The van der Waals surface area contributed by atoms with Crippen LogP contribution >= 0.6 is 15.9 Å². The zero-order chi connectivity index (χ0) is 16.7. The zero-order valence-electron chi connectivity index (χ0n) is 12.4. The fraction of sp³-hybridized carbons (Fsp3) is 0.429. The Balaban J connectivity index is 2.45. The fourth-order valence-electron chi connectivity index (χ4n) is 2.45. The van der Waals surface area contributed by atoms with Crippen molar-refractivity contribution in [3.8, 4) is 0 Å². The van der Waals surface area contributed by atoms with Crippen molar-refractivity contribution in [2.45, 2.75) is 37.6 Å². The zero-order valence-corrected chi connectivity index (χ0v) is 14.8. The lowest BCUT2D eigenvalue weighted by Gasteiger charge is -2.33. The molecule has 1 heterocycles. The summed E-state index contributed by atoms with van der Waals surface area (Å²) >= 11 is 3.22. The van der Waals surface area contributed by atoms with Gasteiger partial charge in [-0.05, 0) is 39.0 Å². The van der Waals surface area contributed by atoms with Crippen LogP contribution in [0.25, 0.3) is 0 Å². The highest BCUT2D eigenvalue weighted by molar-refractivity contribution is 9.10. The monoisotopic (exact) mass is 389 g/mol. The molecule has 0 fully saturated rings. The number of carbonyl (C=O) groups excluding carboxylic acids is 2. The standard InChI is InChI=1S/C14H16BrNO5S/c1-4-21-12(17)8-14(2,3)16-13(18)10-7-9(15)5-6-11(10)22(16,19)20/h5-7H,4,8H2,1-3H3. The molecule has 1 aromatic carbocycles. The summed E-state index contributed by atoms with van der Waals surface area (Å²) in [6.45, 7) is 4.92. The van der Waals surface area contributed by atoms with Gasteiger partial charge in [-0.15, -0.1) is 0 Å². The van der Waals surface area contributed by atoms with Crippen molar-refractivity contribution in [3.05, 3.63) is 28.2 Å². The maximum atomic E-state index is 12.6. The Morgan fingerprint density at radius 3 is 2.59 bits per heavy atom. The highest BCUT2D eigenvalue weighted by Crippen LogP contribution is 2.38. The van der Waals surface area contributed by atoms with Crippen LogP contribution in [0, 0.1) is 0 Å². The van der Waals surface area contributed by atoms with Gasteiger partial charge in [0.15, 0.2) is 0 Å². The summed E-state index contributed by atoms with van der Waals surface area (Å²) in [6, 6.07) is 4.41. The molecule has 6 nitrogen and oxygen atoms in total. The molecule has 0 spiro atoms. The molecule has 120 valence electrons. The minimum absolute atomic E-state index is 0.0439. The quantitative estimate of drug-likeness (QED) is 0.738. The predicted molar refractivity (Wildman–Crippen MR) is 82.8 cm³/mol. The molecule has 1 aliphatic heterocycles. The van der Waals surface area contributed by atoms with E-state index in [0.717, 1.165) is 4.31 Å². The van der Waals surface area contributed by atoms with E-state index in [0.29, 0.717) is 4.47 Å². The third-order valence-corrected chi connectivity index (χ3v) is 5.85. The van der Waals surface area contributed by atoms with Crippen molar-refractivity contribution >= 4 is 37.8 Å². The summed E-state index contributed by atoms with van der Waals surface area (Å²) in [6.07, 6.45) is -0.207. The molecule has 0 saturated heterocycles. The van der Waals surface area contributed by atoms with Crippen LogP contribution in [0.2, 0.25) is 0 Å². The first-order valence-corrected chi connectivity index (χ1v) is 8.89. The van der Waals surface area contributed by atoms with Crippen molar-refractivity contribution in [1.82, 2.24) is 4.31 Å². The van der Waals surface area contributed by atoms with Crippen molar-refractivity contribution in [3.63, 3.8) is 0 Å². The molecule has 1 aromatic rings. The third-order valence-electron chi connectivity index (χ3n) is 3.31. The second kappa shape index (κ2) is 5.66. The van der Waals surface area contributed by atoms with E-state index in [1.807, 2.05) is 0 Å². The van der Waals surface area contributed by atoms with E-state index in [-0.39, 0.29) is 23.5 Å². The SMILES string of the molecule is CCOC(=O)CC(C)(C)N1C(=O)c2cc(Br)ccc2S1(=O)=O. The molecule has 0 unspecified atom stereocenters. The van der Waals surface area contributed by atoms with Gasteiger partial charge in [-0.25, -0.2) is 12.7 Å². The van der Waals surface area contributed by atoms with E-state index >= 15 is 0 Å². The van der Waals surface area contributed by atoms with Gasteiger partial charge in [0.2, 0.25) is 0 Å². The highest BCUT2D eigenvalue weighted by atomic mass is 79.9. The summed E-state index contributed by atoms with van der Waals surface area (Å²) in [5, 5.41) is 0. The molecule has 8 heteroatoms. The van der Waals surface area contributed by atoms with Gasteiger partial charge in [-0.2, -0.15) is 0 Å². The topological polar surface area (TPSA) is 80.8 Å². The van der Waals surface area contributed by atoms with Crippen LogP contribution in [0.4, 0.5) is 0 Å². The first-order chi connectivity index (χ1) is 10.1. The second-order valence-electron chi connectivity index (χ2n) is 5.51. The smallest absolute Gasteiger partial charge is 0.308 e. The molecule has 0 aliphatic carbocycles. The van der Waals surface area contributed by atoms with Gasteiger partial charge in [0.05, 0.1) is 24.1 Å². The summed E-state index contributed by atoms with van der Waals surface area (Å²) in [5.41, 5.74) is -1.11. The summed E-state index contributed by atoms with van der Waals surface area (Å²) in [7, 11) is -3.98. The molecular weight excluding hydrogens is 374 g/mol. The van der Waals surface area contributed by atoms with E-state index in [9.17, 15) is 18.0 Å². The highest BCUT2D eigenvalue weighted by Gasteiger charge is 2.49. The fourth-order valence-corrected chi connectivity index (χ4v) is 4.70. The van der Waals surface area contributed by atoms with Gasteiger partial charge in [0.25, 0.3) is 15.9 Å². The van der Waals surface area contributed by atoms with Crippen LogP contribution in [0.15, 0.2) is 27.6 Å². The normalized spacial score (nSPS) is 16.5. The van der Waals surface area contributed by atoms with E-state index < -0.39 is 27.4 Å². The van der Waals surface area contributed by atoms with Crippen molar-refractivity contribution in [2.24, 2.45) is 0 Å². The number of hydrogen-bond donors (Lipinski definition) is 0. The number of benzene rings is 1. The molecule has 0 atom stereocenters. The number of fused-ring (bicyclic) bond motifs is 1. The number of sulfonamides is 1. The first kappa shape index (κ1) is 17.0.